The van der Waals surface area contributed by atoms with Crippen molar-refractivity contribution in [1.82, 2.24) is 15.3 Å². The summed E-state index contributed by atoms with van der Waals surface area (Å²) < 4.78 is 5.47. The Morgan fingerprint density at radius 1 is 1.18 bits per heavy atom. The third-order valence-corrected chi connectivity index (χ3v) is 3.29. The molecule has 1 heterocycles. The highest BCUT2D eigenvalue weighted by atomic mass is 16.5. The largest absolute Gasteiger partial charge is 0.493 e. The fourth-order valence-electron chi connectivity index (χ4n) is 2.28. The summed E-state index contributed by atoms with van der Waals surface area (Å²) in [5.41, 5.74) is 2.38. The molecule has 5 heteroatoms. The summed E-state index contributed by atoms with van der Waals surface area (Å²) in [6, 6.07) is 15.0. The quantitative estimate of drug-likeness (QED) is 0.760. The molecule has 1 amide bonds. The maximum Gasteiger partial charge on any atom is 0.255 e. The Morgan fingerprint density at radius 3 is 2.77 bits per heavy atom. The zero-order valence-electron chi connectivity index (χ0n) is 12.3. The third-order valence-electron chi connectivity index (χ3n) is 3.29. The summed E-state index contributed by atoms with van der Waals surface area (Å²) >= 11 is 0. The summed E-state index contributed by atoms with van der Waals surface area (Å²) in [5, 5.41) is 2.86. The van der Waals surface area contributed by atoms with E-state index in [0.717, 1.165) is 16.9 Å². The fraction of sp³-hybridized carbons (Fsp3) is 0.176. The molecule has 0 aliphatic carbocycles. The zero-order valence-corrected chi connectivity index (χ0v) is 12.3. The van der Waals surface area contributed by atoms with Crippen molar-refractivity contribution >= 4 is 16.9 Å². The number of rotatable bonds is 5. The Morgan fingerprint density at radius 2 is 1.95 bits per heavy atom. The summed E-state index contributed by atoms with van der Waals surface area (Å²) in [6.07, 6.45) is 0. The Hall–Kier alpha value is -2.82. The van der Waals surface area contributed by atoms with Gasteiger partial charge in [-0.05, 0) is 31.2 Å². The first-order valence-electron chi connectivity index (χ1n) is 7.21. The van der Waals surface area contributed by atoms with E-state index in [-0.39, 0.29) is 5.91 Å². The lowest BCUT2D eigenvalue weighted by atomic mass is 10.2. The lowest BCUT2D eigenvalue weighted by Gasteiger charge is -2.09. The van der Waals surface area contributed by atoms with Gasteiger partial charge in [-0.15, -0.1) is 0 Å². The van der Waals surface area contributed by atoms with Crippen LogP contribution in [0.3, 0.4) is 0 Å². The lowest BCUT2D eigenvalue weighted by Crippen LogP contribution is -2.24. The van der Waals surface area contributed by atoms with Gasteiger partial charge in [0.2, 0.25) is 0 Å². The number of hydrogen-bond acceptors (Lipinski definition) is 3. The van der Waals surface area contributed by atoms with Crippen molar-refractivity contribution in [3.63, 3.8) is 0 Å². The van der Waals surface area contributed by atoms with Gasteiger partial charge < -0.3 is 15.0 Å². The van der Waals surface area contributed by atoms with E-state index in [2.05, 4.69) is 15.3 Å². The molecule has 5 nitrogen and oxygen atoms in total. The number of aromatic amines is 1. The Kier molecular flexibility index (Phi) is 4.05. The number of nitrogens with zero attached hydrogens (tertiary/aromatic N) is 1. The van der Waals surface area contributed by atoms with Crippen molar-refractivity contribution in [2.24, 2.45) is 0 Å². The minimum absolute atomic E-state index is 0.176. The number of nitrogens with one attached hydrogen (secondary N) is 2. The van der Waals surface area contributed by atoms with Crippen molar-refractivity contribution < 1.29 is 9.53 Å². The van der Waals surface area contributed by atoms with Crippen molar-refractivity contribution in [2.45, 2.75) is 13.5 Å². The number of para-hydroxylation sites is 3. The van der Waals surface area contributed by atoms with E-state index in [1.54, 1.807) is 12.1 Å². The van der Waals surface area contributed by atoms with Gasteiger partial charge in [-0.25, -0.2) is 4.98 Å². The molecule has 2 aromatic carbocycles. The van der Waals surface area contributed by atoms with Crippen LogP contribution in [0, 0.1) is 0 Å². The molecule has 1 aromatic heterocycles. The summed E-state index contributed by atoms with van der Waals surface area (Å²) in [7, 11) is 0. The molecule has 112 valence electrons. The normalized spacial score (nSPS) is 10.6. The van der Waals surface area contributed by atoms with Crippen LogP contribution in [-0.4, -0.2) is 22.5 Å². The molecule has 0 fully saturated rings. The van der Waals surface area contributed by atoms with Crippen LogP contribution in [-0.2, 0) is 6.54 Å². The van der Waals surface area contributed by atoms with Gasteiger partial charge in [-0.1, -0.05) is 24.3 Å². The molecule has 22 heavy (non-hydrogen) atoms. The van der Waals surface area contributed by atoms with E-state index in [1.165, 1.54) is 0 Å². The SMILES string of the molecule is CCOc1ccccc1C(=O)NCc1nc2ccccc2[nH]1. The number of fused-ring (bicyclic) bond motifs is 1. The van der Waals surface area contributed by atoms with Gasteiger partial charge in [0.05, 0.1) is 29.7 Å². The van der Waals surface area contributed by atoms with Gasteiger partial charge in [0.15, 0.2) is 0 Å². The highest BCUT2D eigenvalue weighted by Crippen LogP contribution is 2.18. The minimum atomic E-state index is -0.176. The molecule has 0 atom stereocenters. The summed E-state index contributed by atoms with van der Waals surface area (Å²) in [6.45, 7) is 2.75. The highest BCUT2D eigenvalue weighted by molar-refractivity contribution is 5.96. The average molecular weight is 295 g/mol. The number of carbonyl (C=O) groups excluding carboxylic acids is 1. The third kappa shape index (κ3) is 2.93. The monoisotopic (exact) mass is 295 g/mol. The molecule has 3 aromatic rings. The summed E-state index contributed by atoms with van der Waals surface area (Å²) in [4.78, 5) is 19.9. The van der Waals surface area contributed by atoms with Crippen LogP contribution in [0.15, 0.2) is 48.5 Å². The van der Waals surface area contributed by atoms with Crippen LogP contribution in [0.5, 0.6) is 5.75 Å². The fourth-order valence-corrected chi connectivity index (χ4v) is 2.28. The van der Waals surface area contributed by atoms with Crippen LogP contribution in [0.2, 0.25) is 0 Å². The first-order chi connectivity index (χ1) is 10.8. The molecule has 0 saturated heterocycles. The molecule has 0 aliphatic heterocycles. The van der Waals surface area contributed by atoms with Crippen molar-refractivity contribution in [2.75, 3.05) is 6.61 Å². The molecule has 0 unspecified atom stereocenters. The molecule has 3 rings (SSSR count). The number of carbonyl (C=O) groups is 1. The Labute approximate surface area is 128 Å². The van der Waals surface area contributed by atoms with Gasteiger partial charge in [-0.2, -0.15) is 0 Å². The van der Waals surface area contributed by atoms with Gasteiger partial charge >= 0.3 is 0 Å². The molecular formula is C17H17N3O2. The number of H-pyrrole nitrogens is 1. The second-order valence-electron chi connectivity index (χ2n) is 4.81. The molecule has 0 radical (unpaired) electrons. The number of imidazole rings is 1. The summed E-state index contributed by atoms with van der Waals surface area (Å²) in [5.74, 6) is 1.14. The van der Waals surface area contributed by atoms with E-state index in [0.29, 0.717) is 24.5 Å². The van der Waals surface area contributed by atoms with Crippen LogP contribution >= 0.6 is 0 Å². The molecule has 0 spiro atoms. The van der Waals surface area contributed by atoms with Gasteiger partial charge in [0, 0.05) is 0 Å². The highest BCUT2D eigenvalue weighted by Gasteiger charge is 2.12. The van der Waals surface area contributed by atoms with Crippen LogP contribution < -0.4 is 10.1 Å². The average Bonchev–Trinajstić information content (AvgIpc) is 2.96. The second kappa shape index (κ2) is 6.30. The van der Waals surface area contributed by atoms with E-state index in [1.807, 2.05) is 43.3 Å². The van der Waals surface area contributed by atoms with Crippen molar-refractivity contribution in [3.8, 4) is 5.75 Å². The first-order valence-corrected chi connectivity index (χ1v) is 7.21. The molecule has 2 N–H and O–H groups in total. The van der Waals surface area contributed by atoms with Crippen LogP contribution in [0.25, 0.3) is 11.0 Å². The molecule has 0 aliphatic rings. The second-order valence-corrected chi connectivity index (χ2v) is 4.81. The number of aromatic nitrogens is 2. The topological polar surface area (TPSA) is 67.0 Å². The predicted molar refractivity (Wildman–Crippen MR) is 84.9 cm³/mol. The Balaban J connectivity index is 1.72. The van der Waals surface area contributed by atoms with E-state index < -0.39 is 0 Å². The maximum atomic E-state index is 12.3. The van der Waals surface area contributed by atoms with E-state index in [4.69, 9.17) is 4.74 Å². The van der Waals surface area contributed by atoms with Crippen LogP contribution in [0.4, 0.5) is 0 Å². The van der Waals surface area contributed by atoms with Gasteiger partial charge in [0.25, 0.3) is 5.91 Å². The Bertz CT molecular complexity index is 762. The number of hydrogen-bond donors (Lipinski definition) is 2. The minimum Gasteiger partial charge on any atom is -0.493 e. The molecule has 0 bridgehead atoms. The van der Waals surface area contributed by atoms with Crippen molar-refractivity contribution in [3.05, 3.63) is 59.9 Å². The number of amides is 1. The first kappa shape index (κ1) is 14.1. The maximum absolute atomic E-state index is 12.3. The standard InChI is InChI=1S/C17H17N3O2/c1-2-22-15-10-6-3-7-12(15)17(21)18-11-16-19-13-8-4-5-9-14(13)20-16/h3-10H,2,11H2,1H3,(H,18,21)(H,19,20). The smallest absolute Gasteiger partial charge is 0.255 e. The van der Waals surface area contributed by atoms with Crippen molar-refractivity contribution in [1.29, 1.82) is 0 Å². The van der Waals surface area contributed by atoms with E-state index >= 15 is 0 Å². The van der Waals surface area contributed by atoms with Gasteiger partial charge in [-0.3, -0.25) is 4.79 Å². The lowest BCUT2D eigenvalue weighted by molar-refractivity contribution is 0.0946. The molecule has 0 saturated carbocycles. The number of ether oxygens (including phenoxy) is 1. The number of benzene rings is 2. The van der Waals surface area contributed by atoms with Gasteiger partial charge in [0.1, 0.15) is 11.6 Å². The predicted octanol–water partition coefficient (Wildman–Crippen LogP) is 2.89. The van der Waals surface area contributed by atoms with E-state index in [9.17, 15) is 4.79 Å². The molecular weight excluding hydrogens is 278 g/mol. The van der Waals surface area contributed by atoms with Crippen LogP contribution in [0.1, 0.15) is 23.1 Å². The zero-order chi connectivity index (χ0) is 15.4.